The third kappa shape index (κ3) is 1.67. The molecule has 1 aliphatic heterocycles. The summed E-state index contributed by atoms with van der Waals surface area (Å²) in [5.74, 6) is 0. The van der Waals surface area contributed by atoms with Crippen LogP contribution in [0.15, 0.2) is 18.2 Å². The van der Waals surface area contributed by atoms with Crippen molar-refractivity contribution in [1.29, 1.82) is 0 Å². The summed E-state index contributed by atoms with van der Waals surface area (Å²) in [6, 6.07) is 5.63. The summed E-state index contributed by atoms with van der Waals surface area (Å²) in [5.41, 5.74) is 7.97. The van der Waals surface area contributed by atoms with Gasteiger partial charge >= 0.3 is 0 Å². The van der Waals surface area contributed by atoms with Crippen LogP contribution in [-0.4, -0.2) is 13.1 Å². The van der Waals surface area contributed by atoms with Gasteiger partial charge in [-0.05, 0) is 23.6 Å². The second-order valence-electron chi connectivity index (χ2n) is 4.73. The molecule has 2 nitrogen and oxygen atoms in total. The summed E-state index contributed by atoms with van der Waals surface area (Å²) in [7, 11) is 0. The number of hydrogen-bond donors (Lipinski definition) is 1. The van der Waals surface area contributed by atoms with E-state index in [4.69, 9.17) is 17.3 Å². The van der Waals surface area contributed by atoms with Crippen LogP contribution in [-0.2, 0) is 0 Å². The molecule has 1 aromatic carbocycles. The molecule has 0 amide bonds. The fourth-order valence-electron chi connectivity index (χ4n) is 1.93. The quantitative estimate of drug-likeness (QED) is 0.723. The summed E-state index contributed by atoms with van der Waals surface area (Å²) in [6.45, 7) is 6.61. The van der Waals surface area contributed by atoms with Gasteiger partial charge in [-0.25, -0.2) is 0 Å². The Kier molecular flexibility index (Phi) is 2.11. The minimum absolute atomic E-state index is 0.411. The van der Waals surface area contributed by atoms with E-state index < -0.39 is 0 Å². The highest BCUT2D eigenvalue weighted by atomic mass is 35.5. The van der Waals surface area contributed by atoms with E-state index in [9.17, 15) is 0 Å². The van der Waals surface area contributed by atoms with Gasteiger partial charge in [-0.2, -0.15) is 0 Å². The first-order valence-electron chi connectivity index (χ1n) is 4.78. The van der Waals surface area contributed by atoms with Crippen LogP contribution >= 0.6 is 11.6 Å². The first kappa shape index (κ1) is 9.66. The highest BCUT2D eigenvalue weighted by molar-refractivity contribution is 6.33. The van der Waals surface area contributed by atoms with Crippen molar-refractivity contribution < 1.29 is 0 Å². The molecule has 1 aliphatic rings. The van der Waals surface area contributed by atoms with Gasteiger partial charge in [-0.1, -0.05) is 25.4 Å². The molecule has 14 heavy (non-hydrogen) atoms. The van der Waals surface area contributed by atoms with Crippen LogP contribution in [0.25, 0.3) is 0 Å². The van der Waals surface area contributed by atoms with Crippen LogP contribution in [0, 0.1) is 5.41 Å². The molecule has 0 atom stereocenters. The van der Waals surface area contributed by atoms with E-state index in [1.165, 1.54) is 0 Å². The summed E-state index contributed by atoms with van der Waals surface area (Å²) in [6.07, 6.45) is 0. The monoisotopic (exact) mass is 210 g/mol. The van der Waals surface area contributed by atoms with Crippen LogP contribution in [0.4, 0.5) is 11.4 Å². The molecule has 0 unspecified atom stereocenters. The zero-order valence-corrected chi connectivity index (χ0v) is 9.30. The maximum absolute atomic E-state index is 6.10. The van der Waals surface area contributed by atoms with Gasteiger partial charge in [0.1, 0.15) is 0 Å². The van der Waals surface area contributed by atoms with Crippen molar-refractivity contribution in [1.82, 2.24) is 0 Å². The Morgan fingerprint density at radius 1 is 1.36 bits per heavy atom. The van der Waals surface area contributed by atoms with E-state index >= 15 is 0 Å². The number of anilines is 2. The fraction of sp³-hybridized carbons (Fsp3) is 0.455. The summed E-state index contributed by atoms with van der Waals surface area (Å²) < 4.78 is 0. The largest absolute Gasteiger partial charge is 0.399 e. The van der Waals surface area contributed by atoms with Crippen LogP contribution in [0.2, 0.25) is 5.02 Å². The van der Waals surface area contributed by atoms with E-state index in [0.717, 1.165) is 29.5 Å². The Balaban J connectivity index is 2.22. The molecule has 1 fully saturated rings. The first-order valence-corrected chi connectivity index (χ1v) is 5.16. The van der Waals surface area contributed by atoms with Gasteiger partial charge in [0.15, 0.2) is 0 Å². The summed E-state index contributed by atoms with van der Waals surface area (Å²) >= 11 is 6.10. The zero-order chi connectivity index (χ0) is 10.3. The Hall–Kier alpha value is -0.890. The third-order valence-corrected chi connectivity index (χ3v) is 2.87. The standard InChI is InChI=1S/C11H15ClN2/c1-11(2)6-14(7-11)10-5-8(13)3-4-9(10)12/h3-5H,6-7,13H2,1-2H3. The van der Waals surface area contributed by atoms with Crippen molar-refractivity contribution in [2.75, 3.05) is 23.7 Å². The molecule has 1 heterocycles. The number of nitrogens with two attached hydrogens (primary N) is 1. The molecule has 1 saturated heterocycles. The first-order chi connectivity index (χ1) is 6.48. The van der Waals surface area contributed by atoms with Gasteiger partial charge in [-0.3, -0.25) is 0 Å². The minimum atomic E-state index is 0.411. The number of halogens is 1. The molecule has 2 N–H and O–H groups in total. The van der Waals surface area contributed by atoms with Crippen molar-refractivity contribution in [3.63, 3.8) is 0 Å². The zero-order valence-electron chi connectivity index (χ0n) is 8.55. The van der Waals surface area contributed by atoms with Crippen molar-refractivity contribution in [3.8, 4) is 0 Å². The lowest BCUT2D eigenvalue weighted by atomic mass is 9.84. The molecule has 1 aromatic rings. The van der Waals surface area contributed by atoms with E-state index in [2.05, 4.69) is 18.7 Å². The average molecular weight is 211 g/mol. The molecular formula is C11H15ClN2. The highest BCUT2D eigenvalue weighted by Gasteiger charge is 2.34. The predicted molar refractivity (Wildman–Crippen MR) is 61.9 cm³/mol. The van der Waals surface area contributed by atoms with Crippen LogP contribution in [0.3, 0.4) is 0 Å². The Bertz CT molecular complexity index is 352. The van der Waals surface area contributed by atoms with Gasteiger partial charge in [0.2, 0.25) is 0 Å². The lowest BCUT2D eigenvalue weighted by molar-refractivity contribution is 0.276. The average Bonchev–Trinajstić information content (AvgIpc) is 2.05. The van der Waals surface area contributed by atoms with Gasteiger partial charge in [-0.15, -0.1) is 0 Å². The Morgan fingerprint density at radius 2 is 2.00 bits per heavy atom. The van der Waals surface area contributed by atoms with Crippen molar-refractivity contribution in [2.45, 2.75) is 13.8 Å². The normalized spacial score (nSPS) is 19.2. The maximum Gasteiger partial charge on any atom is 0.0641 e. The van der Waals surface area contributed by atoms with Crippen molar-refractivity contribution in [2.24, 2.45) is 5.41 Å². The number of nitrogens with zero attached hydrogens (tertiary/aromatic N) is 1. The number of hydrogen-bond acceptors (Lipinski definition) is 2. The molecule has 0 aromatic heterocycles. The topological polar surface area (TPSA) is 29.3 Å². The van der Waals surface area contributed by atoms with Crippen molar-refractivity contribution >= 4 is 23.0 Å². The molecule has 76 valence electrons. The van der Waals surface area contributed by atoms with Crippen LogP contribution in [0.1, 0.15) is 13.8 Å². The molecule has 3 heteroatoms. The second kappa shape index (κ2) is 3.06. The SMILES string of the molecule is CC1(C)CN(c2cc(N)ccc2Cl)C1. The summed E-state index contributed by atoms with van der Waals surface area (Å²) in [5, 5.41) is 0.787. The van der Waals surface area contributed by atoms with Gasteiger partial charge in [0.25, 0.3) is 0 Å². The molecule has 0 saturated carbocycles. The van der Waals surface area contributed by atoms with E-state index in [1.807, 2.05) is 18.2 Å². The number of rotatable bonds is 1. The van der Waals surface area contributed by atoms with E-state index in [-0.39, 0.29) is 0 Å². The Labute approximate surface area is 89.7 Å². The van der Waals surface area contributed by atoms with Crippen molar-refractivity contribution in [3.05, 3.63) is 23.2 Å². The van der Waals surface area contributed by atoms with Crippen LogP contribution in [0.5, 0.6) is 0 Å². The predicted octanol–water partition coefficient (Wildman–Crippen LogP) is 2.77. The molecule has 0 aliphatic carbocycles. The third-order valence-electron chi connectivity index (χ3n) is 2.55. The molecule has 2 rings (SSSR count). The lowest BCUT2D eigenvalue weighted by Crippen LogP contribution is -2.53. The second-order valence-corrected chi connectivity index (χ2v) is 5.14. The van der Waals surface area contributed by atoms with E-state index in [0.29, 0.717) is 5.41 Å². The highest BCUT2D eigenvalue weighted by Crippen LogP contribution is 2.37. The molecule has 0 bridgehead atoms. The van der Waals surface area contributed by atoms with Gasteiger partial charge < -0.3 is 10.6 Å². The van der Waals surface area contributed by atoms with Gasteiger partial charge in [0.05, 0.1) is 10.7 Å². The molecule has 0 radical (unpaired) electrons. The van der Waals surface area contributed by atoms with E-state index in [1.54, 1.807) is 0 Å². The smallest absolute Gasteiger partial charge is 0.0641 e. The maximum atomic E-state index is 6.10. The van der Waals surface area contributed by atoms with Gasteiger partial charge in [0, 0.05) is 18.8 Å². The fourth-order valence-corrected chi connectivity index (χ4v) is 2.17. The molecular weight excluding hydrogens is 196 g/mol. The van der Waals surface area contributed by atoms with Crippen LogP contribution < -0.4 is 10.6 Å². The number of benzene rings is 1. The Morgan fingerprint density at radius 3 is 2.57 bits per heavy atom. The lowest BCUT2D eigenvalue weighted by Gasteiger charge is -2.47. The summed E-state index contributed by atoms with van der Waals surface area (Å²) in [4.78, 5) is 2.26. The minimum Gasteiger partial charge on any atom is -0.399 e. The number of nitrogen functional groups attached to an aromatic ring is 1. The molecule has 0 spiro atoms.